The van der Waals surface area contributed by atoms with Crippen LogP contribution in [0.2, 0.25) is 0 Å². The summed E-state index contributed by atoms with van der Waals surface area (Å²) in [4.78, 5) is 38.9. The van der Waals surface area contributed by atoms with Crippen LogP contribution in [0.4, 0.5) is 0 Å². The number of para-hydroxylation sites is 1. The van der Waals surface area contributed by atoms with E-state index in [4.69, 9.17) is 5.73 Å². The predicted octanol–water partition coefficient (Wildman–Crippen LogP) is 1.23. The van der Waals surface area contributed by atoms with Gasteiger partial charge in [-0.3, -0.25) is 9.59 Å². The van der Waals surface area contributed by atoms with Gasteiger partial charge in [-0.2, -0.15) is 5.26 Å². The Hall–Kier alpha value is -3.39. The van der Waals surface area contributed by atoms with E-state index < -0.39 is 45.0 Å². The lowest BCUT2D eigenvalue weighted by Gasteiger charge is -2.41. The molecule has 1 aromatic carbocycles. The number of sulfone groups is 1. The summed E-state index contributed by atoms with van der Waals surface area (Å²) >= 11 is 0. The Morgan fingerprint density at radius 1 is 1.32 bits per heavy atom. The number of hydrogen-bond donors (Lipinski definition) is 3. The first kappa shape index (κ1) is 25.2. The van der Waals surface area contributed by atoms with Crippen molar-refractivity contribution in [3.63, 3.8) is 0 Å². The van der Waals surface area contributed by atoms with Crippen molar-refractivity contribution in [2.45, 2.75) is 43.6 Å². The number of nitrogens with zero attached hydrogens (tertiary/aromatic N) is 2. The Kier molecular flexibility index (Phi) is 7.02. The second kappa shape index (κ2) is 9.46. The van der Waals surface area contributed by atoms with Crippen molar-refractivity contribution in [2.75, 3.05) is 12.0 Å². The Bertz CT molecular complexity index is 1290. The number of nitrogens with one attached hydrogen (secondary N) is 1. The highest BCUT2D eigenvalue weighted by Crippen LogP contribution is 2.48. The number of primary amides is 1. The summed E-state index contributed by atoms with van der Waals surface area (Å²) in [5.41, 5.74) is 5.02. The molecule has 0 aliphatic heterocycles. The largest absolute Gasteiger partial charge is 0.477 e. The predicted molar refractivity (Wildman–Crippen MR) is 125 cm³/mol. The van der Waals surface area contributed by atoms with E-state index in [1.54, 1.807) is 31.3 Å². The Labute approximate surface area is 197 Å². The van der Waals surface area contributed by atoms with E-state index in [0.717, 1.165) is 6.26 Å². The van der Waals surface area contributed by atoms with Crippen LogP contribution < -0.4 is 11.1 Å². The van der Waals surface area contributed by atoms with Gasteiger partial charge in [-0.1, -0.05) is 31.0 Å². The lowest BCUT2D eigenvalue weighted by atomic mass is 9.60. The van der Waals surface area contributed by atoms with Gasteiger partial charge in [0.1, 0.15) is 21.6 Å². The number of aryl methyl sites for hydroxylation is 1. The van der Waals surface area contributed by atoms with E-state index in [-0.39, 0.29) is 36.3 Å². The molecule has 0 unspecified atom stereocenters. The number of aromatic nitrogens is 1. The average molecular weight is 489 g/mol. The maximum absolute atomic E-state index is 13.4. The molecule has 0 saturated heterocycles. The highest BCUT2D eigenvalue weighted by atomic mass is 32.2. The van der Waals surface area contributed by atoms with Crippen LogP contribution in [0.25, 0.3) is 10.9 Å². The zero-order valence-electron chi connectivity index (χ0n) is 19.1. The fourth-order valence-corrected chi connectivity index (χ4v) is 5.78. The molecule has 34 heavy (non-hydrogen) atoms. The van der Waals surface area contributed by atoms with Gasteiger partial charge in [-0.05, 0) is 25.3 Å². The minimum absolute atomic E-state index is 0.105. The van der Waals surface area contributed by atoms with Crippen molar-refractivity contribution in [3.05, 3.63) is 35.5 Å². The van der Waals surface area contributed by atoms with Gasteiger partial charge in [0.15, 0.2) is 0 Å². The van der Waals surface area contributed by atoms with E-state index in [1.807, 2.05) is 6.07 Å². The van der Waals surface area contributed by atoms with Crippen molar-refractivity contribution in [1.82, 2.24) is 9.88 Å². The molecule has 4 N–H and O–H groups in total. The number of carbonyl (C=O) groups is 3. The van der Waals surface area contributed by atoms with Gasteiger partial charge in [0, 0.05) is 29.8 Å². The third-order valence-electron chi connectivity index (χ3n) is 6.67. The zero-order valence-corrected chi connectivity index (χ0v) is 19.9. The van der Waals surface area contributed by atoms with E-state index in [2.05, 4.69) is 5.32 Å². The number of fused-ring (bicyclic) bond motifs is 1. The number of nitrogens with two attached hydrogens (primary N) is 1. The summed E-state index contributed by atoms with van der Waals surface area (Å²) in [5, 5.41) is 22.6. The van der Waals surface area contributed by atoms with Crippen molar-refractivity contribution in [2.24, 2.45) is 18.7 Å². The van der Waals surface area contributed by atoms with E-state index in [1.165, 1.54) is 4.57 Å². The smallest absolute Gasteiger partial charge is 0.352 e. The van der Waals surface area contributed by atoms with Gasteiger partial charge in [0.05, 0.1) is 23.2 Å². The van der Waals surface area contributed by atoms with Gasteiger partial charge < -0.3 is 20.7 Å². The minimum Gasteiger partial charge on any atom is -0.477 e. The SMILES string of the molecule is Cn1c(C(=O)O)c([C@]2(C(N)=O)CCCC[C@H]2C(=O)N[C@H](C#N)CCS(C)(=O)=O)c2ccccc21. The summed E-state index contributed by atoms with van der Waals surface area (Å²) < 4.78 is 24.5. The van der Waals surface area contributed by atoms with Crippen LogP contribution in [0.15, 0.2) is 24.3 Å². The number of benzene rings is 1. The number of carbonyl (C=O) groups excluding carboxylic acids is 2. The van der Waals surface area contributed by atoms with Crippen LogP contribution in [0.1, 0.15) is 48.2 Å². The highest BCUT2D eigenvalue weighted by Gasteiger charge is 2.54. The summed E-state index contributed by atoms with van der Waals surface area (Å²) in [6.45, 7) is 0. The van der Waals surface area contributed by atoms with Gasteiger partial charge >= 0.3 is 5.97 Å². The second-order valence-corrected chi connectivity index (χ2v) is 11.1. The fourth-order valence-electron chi connectivity index (χ4n) is 5.11. The van der Waals surface area contributed by atoms with Crippen molar-refractivity contribution < 1.29 is 27.9 Å². The van der Waals surface area contributed by atoms with Gasteiger partial charge in [-0.25, -0.2) is 13.2 Å². The van der Waals surface area contributed by atoms with Gasteiger partial charge in [-0.15, -0.1) is 0 Å². The van der Waals surface area contributed by atoms with E-state index in [9.17, 15) is 33.2 Å². The van der Waals surface area contributed by atoms with Crippen LogP contribution in [0.5, 0.6) is 0 Å². The van der Waals surface area contributed by atoms with Crippen LogP contribution in [-0.2, 0) is 31.9 Å². The lowest BCUT2D eigenvalue weighted by Crippen LogP contribution is -2.56. The molecule has 0 spiro atoms. The number of hydrogen-bond acceptors (Lipinski definition) is 6. The van der Waals surface area contributed by atoms with Gasteiger partial charge in [0.25, 0.3) is 0 Å². The lowest BCUT2D eigenvalue weighted by molar-refractivity contribution is -0.137. The van der Waals surface area contributed by atoms with E-state index >= 15 is 0 Å². The monoisotopic (exact) mass is 488 g/mol. The first-order valence-corrected chi connectivity index (χ1v) is 13.0. The molecule has 1 heterocycles. The molecule has 1 saturated carbocycles. The average Bonchev–Trinajstić information content (AvgIpc) is 3.08. The summed E-state index contributed by atoms with van der Waals surface area (Å²) in [7, 11) is -1.77. The molecule has 1 aromatic heterocycles. The Morgan fingerprint density at radius 3 is 2.59 bits per heavy atom. The number of aromatic carboxylic acids is 1. The molecule has 0 bridgehead atoms. The maximum Gasteiger partial charge on any atom is 0.352 e. The number of nitriles is 1. The van der Waals surface area contributed by atoms with E-state index in [0.29, 0.717) is 23.7 Å². The zero-order chi connectivity index (χ0) is 25.3. The summed E-state index contributed by atoms with van der Waals surface area (Å²) in [6, 6.07) is 7.72. The van der Waals surface area contributed by atoms with Crippen LogP contribution >= 0.6 is 0 Å². The molecular formula is C23H28N4O6S. The quantitative estimate of drug-likeness (QED) is 0.501. The maximum atomic E-state index is 13.4. The molecule has 10 nitrogen and oxygen atoms in total. The molecule has 1 aliphatic carbocycles. The molecule has 3 rings (SSSR count). The molecule has 2 aromatic rings. The molecule has 1 aliphatic rings. The summed E-state index contributed by atoms with van der Waals surface area (Å²) in [6.07, 6.45) is 2.55. The third-order valence-corrected chi connectivity index (χ3v) is 7.65. The summed E-state index contributed by atoms with van der Waals surface area (Å²) in [5.74, 6) is -3.98. The standard InChI is InChI=1S/C23H28N4O6S/c1-27-17-9-4-3-7-15(17)18(19(27)21(29)30)23(22(25)31)11-6-5-8-16(23)20(28)26-14(13-24)10-12-34(2,32)33/h3-4,7,9,14,16H,5-6,8,10-12H2,1-2H3,(H2,25,31)(H,26,28)(H,29,30)/t14-,16-,23-/m0/s1. The topological polar surface area (TPSA) is 172 Å². The molecule has 1 fully saturated rings. The van der Waals surface area contributed by atoms with Crippen LogP contribution in [-0.4, -0.2) is 53.9 Å². The van der Waals surface area contributed by atoms with Crippen LogP contribution in [0, 0.1) is 17.2 Å². The van der Waals surface area contributed by atoms with Crippen molar-refractivity contribution in [1.29, 1.82) is 5.26 Å². The normalized spacial score (nSPS) is 21.5. The van der Waals surface area contributed by atoms with Crippen molar-refractivity contribution >= 4 is 38.5 Å². The van der Waals surface area contributed by atoms with Gasteiger partial charge in [0.2, 0.25) is 11.8 Å². The molecular weight excluding hydrogens is 460 g/mol. The number of carboxylic acid groups (broad SMARTS) is 1. The Balaban J connectivity index is 2.15. The van der Waals surface area contributed by atoms with Crippen LogP contribution in [0.3, 0.4) is 0 Å². The first-order valence-electron chi connectivity index (χ1n) is 10.9. The minimum atomic E-state index is -3.35. The Morgan fingerprint density at radius 2 is 2.00 bits per heavy atom. The molecule has 0 radical (unpaired) electrons. The second-order valence-electron chi connectivity index (χ2n) is 8.85. The number of rotatable bonds is 8. The van der Waals surface area contributed by atoms with Crippen molar-refractivity contribution in [3.8, 4) is 6.07 Å². The fraction of sp³-hybridized carbons (Fsp3) is 0.478. The number of carboxylic acids is 1. The molecule has 3 atom stereocenters. The number of amides is 2. The molecule has 2 amide bonds. The first-order chi connectivity index (χ1) is 15.9. The molecule has 182 valence electrons. The third kappa shape index (κ3) is 4.50. The molecule has 11 heteroatoms. The highest BCUT2D eigenvalue weighted by molar-refractivity contribution is 7.90.